The van der Waals surface area contributed by atoms with Crippen LogP contribution in [0, 0.1) is 21.4 Å². The first-order chi connectivity index (χ1) is 19.1. The van der Waals surface area contributed by atoms with E-state index in [9.17, 15) is 38.1 Å². The number of ether oxygens (including phenoxy) is 1. The number of likely N-dealkylation sites (tertiary alicyclic amines) is 2. The largest absolute Gasteiger partial charge is 0.434 e. The number of nitrogens with zero attached hydrogens (tertiary/aromatic N) is 5. The molecule has 2 aliphatic rings. The molecular formula is C26H27F3N6O5. The van der Waals surface area contributed by atoms with E-state index in [0.29, 0.717) is 24.9 Å². The molecule has 11 nitrogen and oxygen atoms in total. The molecule has 2 aliphatic heterocycles. The number of amides is 2. The Balaban J connectivity index is 1.50. The molecule has 0 radical (unpaired) electrons. The van der Waals surface area contributed by atoms with Gasteiger partial charge in [-0.3, -0.25) is 25.0 Å². The van der Waals surface area contributed by atoms with E-state index < -0.39 is 41.0 Å². The van der Waals surface area contributed by atoms with Gasteiger partial charge in [0.25, 0.3) is 5.88 Å². The van der Waals surface area contributed by atoms with E-state index in [1.165, 1.54) is 35.4 Å². The van der Waals surface area contributed by atoms with Crippen LogP contribution in [0.4, 0.5) is 18.9 Å². The van der Waals surface area contributed by atoms with E-state index in [-0.39, 0.29) is 49.7 Å². The molecule has 1 N–H and O–H groups in total. The Morgan fingerprint density at radius 3 is 2.55 bits per heavy atom. The van der Waals surface area contributed by atoms with Crippen molar-refractivity contribution >= 4 is 17.5 Å². The Hall–Kier alpha value is -4.25. The number of nitro groups is 1. The minimum atomic E-state index is -4.57. The lowest BCUT2D eigenvalue weighted by Gasteiger charge is -2.31. The number of hydrogen-bond donors (Lipinski definition) is 1. The number of aromatic nitrogens is 1. The van der Waals surface area contributed by atoms with Crippen LogP contribution < -0.4 is 10.1 Å². The average Bonchev–Trinajstić information content (AvgIpc) is 3.62. The van der Waals surface area contributed by atoms with Gasteiger partial charge in [-0.25, -0.2) is 4.98 Å². The Labute approximate surface area is 227 Å². The average molecular weight is 561 g/mol. The molecule has 1 aromatic carbocycles. The van der Waals surface area contributed by atoms with Gasteiger partial charge in [-0.1, -0.05) is 12.1 Å². The van der Waals surface area contributed by atoms with Crippen LogP contribution in [0.5, 0.6) is 11.6 Å². The topological polar surface area (TPSA) is 142 Å². The van der Waals surface area contributed by atoms with E-state index in [1.54, 1.807) is 12.1 Å². The molecule has 0 saturated carbocycles. The molecule has 3 heterocycles. The van der Waals surface area contributed by atoms with E-state index >= 15 is 0 Å². The zero-order valence-electron chi connectivity index (χ0n) is 21.3. The van der Waals surface area contributed by atoms with Gasteiger partial charge in [-0.15, -0.1) is 0 Å². The standard InChI is InChI=1S/C26H27F3N6O5/c27-26(28,29)22-6-3-13-34(22)25(37)20(32-16-23(36)33-12-2-4-18(33)15-30)14-17-7-9-19(10-8-17)40-24-21(35(38)39)5-1-11-31-24/h1,5,7-11,18,20,22,32H,2-4,6,12-14,16H2/t18-,20-,22+/m1/s1. The fourth-order valence-electron chi connectivity index (χ4n) is 4.97. The van der Waals surface area contributed by atoms with Crippen molar-refractivity contribution < 1.29 is 32.4 Å². The number of carbonyl (C=O) groups is 2. The predicted octanol–water partition coefficient (Wildman–Crippen LogP) is 3.35. The zero-order chi connectivity index (χ0) is 28.9. The van der Waals surface area contributed by atoms with Gasteiger partial charge >= 0.3 is 11.9 Å². The molecule has 0 aliphatic carbocycles. The van der Waals surface area contributed by atoms with Gasteiger partial charge < -0.3 is 14.5 Å². The molecule has 212 valence electrons. The van der Waals surface area contributed by atoms with Gasteiger partial charge in [0, 0.05) is 25.4 Å². The van der Waals surface area contributed by atoms with E-state index in [2.05, 4.69) is 16.4 Å². The number of pyridine rings is 1. The fraction of sp³-hybridized carbons (Fsp3) is 0.462. The molecular weight excluding hydrogens is 533 g/mol. The molecule has 2 aromatic rings. The van der Waals surface area contributed by atoms with Gasteiger partial charge in [-0.05, 0) is 55.9 Å². The maximum Gasteiger partial charge on any atom is 0.408 e. The summed E-state index contributed by atoms with van der Waals surface area (Å²) < 4.78 is 46.3. The molecule has 40 heavy (non-hydrogen) atoms. The number of nitriles is 1. The SMILES string of the molecule is N#C[C@H]1CCCN1C(=O)CN[C@H](Cc1ccc(Oc2ncccc2[N+](=O)[O-])cc1)C(=O)N1CCC[C@H]1C(F)(F)F. The third kappa shape index (κ3) is 6.66. The van der Waals surface area contributed by atoms with Gasteiger partial charge in [-0.2, -0.15) is 18.4 Å². The summed E-state index contributed by atoms with van der Waals surface area (Å²) in [4.78, 5) is 42.8. The third-order valence-corrected chi connectivity index (χ3v) is 6.96. The highest BCUT2D eigenvalue weighted by molar-refractivity contribution is 5.85. The number of rotatable bonds is 9. The lowest BCUT2D eigenvalue weighted by molar-refractivity contribution is -0.386. The number of hydrogen-bond acceptors (Lipinski definition) is 8. The molecule has 3 atom stereocenters. The molecule has 1 aromatic heterocycles. The van der Waals surface area contributed by atoms with E-state index in [1.807, 2.05) is 0 Å². The second-order valence-electron chi connectivity index (χ2n) is 9.57. The van der Waals surface area contributed by atoms with Gasteiger partial charge in [0.2, 0.25) is 11.8 Å². The summed E-state index contributed by atoms with van der Waals surface area (Å²) in [6, 6.07) is 7.25. The lowest BCUT2D eigenvalue weighted by Crippen LogP contribution is -2.54. The molecule has 2 saturated heterocycles. The second kappa shape index (κ2) is 12.3. The Morgan fingerprint density at radius 2 is 1.88 bits per heavy atom. The summed E-state index contributed by atoms with van der Waals surface area (Å²) in [6.45, 7) is 0.0343. The molecule has 0 spiro atoms. The summed E-state index contributed by atoms with van der Waals surface area (Å²) >= 11 is 0. The van der Waals surface area contributed by atoms with Crippen molar-refractivity contribution in [3.05, 3.63) is 58.3 Å². The van der Waals surface area contributed by atoms with Crippen LogP contribution >= 0.6 is 0 Å². The van der Waals surface area contributed by atoms with Crippen LogP contribution in [-0.2, 0) is 16.0 Å². The quantitative estimate of drug-likeness (QED) is 0.364. The van der Waals surface area contributed by atoms with Crippen molar-refractivity contribution in [1.82, 2.24) is 20.1 Å². The number of halogens is 3. The summed E-state index contributed by atoms with van der Waals surface area (Å²) in [5.41, 5.74) is 0.229. The first kappa shape index (κ1) is 28.8. The Bertz CT molecular complexity index is 1280. The summed E-state index contributed by atoms with van der Waals surface area (Å²) in [5, 5.41) is 23.3. The van der Waals surface area contributed by atoms with Crippen molar-refractivity contribution in [1.29, 1.82) is 5.26 Å². The lowest BCUT2D eigenvalue weighted by atomic mass is 10.0. The first-order valence-corrected chi connectivity index (χ1v) is 12.7. The van der Waals surface area contributed by atoms with Gasteiger partial charge in [0.05, 0.1) is 23.6 Å². The zero-order valence-corrected chi connectivity index (χ0v) is 21.3. The molecule has 14 heteroatoms. The highest BCUT2D eigenvalue weighted by atomic mass is 19.4. The van der Waals surface area contributed by atoms with Crippen LogP contribution in [0.15, 0.2) is 42.6 Å². The van der Waals surface area contributed by atoms with Crippen LogP contribution in [-0.4, -0.2) is 75.5 Å². The third-order valence-electron chi connectivity index (χ3n) is 6.96. The maximum absolute atomic E-state index is 13.6. The molecule has 0 unspecified atom stereocenters. The van der Waals surface area contributed by atoms with Crippen molar-refractivity contribution in [3.63, 3.8) is 0 Å². The van der Waals surface area contributed by atoms with Crippen LogP contribution in [0.25, 0.3) is 0 Å². The minimum Gasteiger partial charge on any atom is -0.434 e. The van der Waals surface area contributed by atoms with Gasteiger partial charge in [0.1, 0.15) is 17.8 Å². The van der Waals surface area contributed by atoms with Crippen LogP contribution in [0.2, 0.25) is 0 Å². The maximum atomic E-state index is 13.6. The summed E-state index contributed by atoms with van der Waals surface area (Å²) in [7, 11) is 0. The first-order valence-electron chi connectivity index (χ1n) is 12.7. The predicted molar refractivity (Wildman–Crippen MR) is 134 cm³/mol. The smallest absolute Gasteiger partial charge is 0.408 e. The normalized spacial score (nSPS) is 19.8. The van der Waals surface area contributed by atoms with Crippen molar-refractivity contribution in [2.75, 3.05) is 19.6 Å². The van der Waals surface area contributed by atoms with Crippen molar-refractivity contribution in [3.8, 4) is 17.7 Å². The number of benzene rings is 1. The highest BCUT2D eigenvalue weighted by Crippen LogP contribution is 2.33. The molecule has 2 amide bonds. The van der Waals surface area contributed by atoms with Crippen molar-refractivity contribution in [2.24, 2.45) is 0 Å². The van der Waals surface area contributed by atoms with Crippen LogP contribution in [0.1, 0.15) is 31.2 Å². The fourth-order valence-corrected chi connectivity index (χ4v) is 4.97. The minimum absolute atomic E-state index is 0.0289. The number of alkyl halides is 3. The Morgan fingerprint density at radius 1 is 1.18 bits per heavy atom. The monoisotopic (exact) mass is 560 g/mol. The molecule has 2 fully saturated rings. The van der Waals surface area contributed by atoms with E-state index in [0.717, 1.165) is 4.90 Å². The summed E-state index contributed by atoms with van der Waals surface area (Å²) in [6.07, 6.45) is -2.03. The number of nitrogens with one attached hydrogen (secondary N) is 1. The highest BCUT2D eigenvalue weighted by Gasteiger charge is 2.48. The van der Waals surface area contributed by atoms with Crippen molar-refractivity contribution in [2.45, 2.75) is 56.4 Å². The van der Waals surface area contributed by atoms with Crippen LogP contribution in [0.3, 0.4) is 0 Å². The van der Waals surface area contributed by atoms with Gasteiger partial charge in [0.15, 0.2) is 0 Å². The molecule has 4 rings (SSSR count). The molecule has 0 bridgehead atoms. The van der Waals surface area contributed by atoms with E-state index in [4.69, 9.17) is 4.74 Å². The summed E-state index contributed by atoms with van der Waals surface area (Å²) in [5.74, 6) is -1.16. The number of carbonyl (C=O) groups excluding carboxylic acids is 2. The second-order valence-corrected chi connectivity index (χ2v) is 9.57. The Kier molecular flexibility index (Phi) is 8.83.